The van der Waals surface area contributed by atoms with Crippen molar-refractivity contribution in [1.82, 2.24) is 15.2 Å². The third-order valence-electron chi connectivity index (χ3n) is 5.58. The van der Waals surface area contributed by atoms with Crippen LogP contribution < -0.4 is 11.1 Å². The monoisotopic (exact) mass is 384 g/mol. The lowest BCUT2D eigenvalue weighted by atomic mass is 9.87. The van der Waals surface area contributed by atoms with Gasteiger partial charge in [0, 0.05) is 24.0 Å². The van der Waals surface area contributed by atoms with Gasteiger partial charge in [-0.3, -0.25) is 9.59 Å². The van der Waals surface area contributed by atoms with Gasteiger partial charge in [0.25, 0.3) is 5.91 Å². The number of fused-ring (bicyclic) bond motifs is 1. The van der Waals surface area contributed by atoms with Crippen LogP contribution in [0.3, 0.4) is 0 Å². The zero-order valence-electron chi connectivity index (χ0n) is 17.2. The molecular weight excluding hydrogens is 352 g/mol. The van der Waals surface area contributed by atoms with Gasteiger partial charge >= 0.3 is 0 Å². The molecule has 6 heteroatoms. The molecule has 0 aliphatic carbocycles. The van der Waals surface area contributed by atoms with E-state index in [1.807, 2.05) is 6.07 Å². The first kappa shape index (κ1) is 20.4. The highest BCUT2D eigenvalue weighted by Crippen LogP contribution is 2.26. The van der Waals surface area contributed by atoms with Crippen molar-refractivity contribution in [2.24, 2.45) is 11.7 Å². The number of carbonyl (C=O) groups is 2. The lowest BCUT2D eigenvalue weighted by molar-refractivity contribution is -0.123. The van der Waals surface area contributed by atoms with E-state index >= 15 is 0 Å². The second-order valence-electron chi connectivity index (χ2n) is 8.89. The molecule has 0 saturated carbocycles. The summed E-state index contributed by atoms with van der Waals surface area (Å²) in [6.07, 6.45) is 2.75. The first-order valence-electron chi connectivity index (χ1n) is 10.2. The fourth-order valence-corrected chi connectivity index (χ4v) is 3.81. The van der Waals surface area contributed by atoms with Crippen LogP contribution in [-0.2, 0) is 10.2 Å². The molecular formula is C22H32N4O2. The molecule has 3 rings (SSSR count). The molecule has 6 nitrogen and oxygen atoms in total. The van der Waals surface area contributed by atoms with Gasteiger partial charge in [-0.15, -0.1) is 0 Å². The third-order valence-corrected chi connectivity index (χ3v) is 5.58. The Morgan fingerprint density at radius 1 is 1.29 bits per heavy atom. The summed E-state index contributed by atoms with van der Waals surface area (Å²) in [6.45, 7) is 9.75. The fraction of sp³-hybridized carbons (Fsp3) is 0.545. The molecule has 1 aliphatic heterocycles. The van der Waals surface area contributed by atoms with E-state index in [0.717, 1.165) is 49.8 Å². The van der Waals surface area contributed by atoms with E-state index in [0.29, 0.717) is 12.2 Å². The van der Waals surface area contributed by atoms with E-state index in [1.54, 1.807) is 0 Å². The van der Waals surface area contributed by atoms with Crippen LogP contribution in [-0.4, -0.2) is 47.9 Å². The zero-order chi connectivity index (χ0) is 20.3. The normalized spacial score (nSPS) is 18.3. The van der Waals surface area contributed by atoms with Crippen LogP contribution in [0.1, 0.15) is 56.1 Å². The maximum absolute atomic E-state index is 12.5. The molecule has 2 aromatic rings. The predicted molar refractivity (Wildman–Crippen MR) is 112 cm³/mol. The van der Waals surface area contributed by atoms with Gasteiger partial charge in [-0.25, -0.2) is 0 Å². The maximum Gasteiger partial charge on any atom is 0.267 e. The Morgan fingerprint density at radius 2 is 2.07 bits per heavy atom. The molecule has 1 saturated heterocycles. The summed E-state index contributed by atoms with van der Waals surface area (Å²) in [4.78, 5) is 29.3. The minimum Gasteiger partial charge on any atom is -0.369 e. The van der Waals surface area contributed by atoms with Gasteiger partial charge in [0.05, 0.1) is 5.92 Å². The molecule has 0 bridgehead atoms. The maximum atomic E-state index is 12.5. The Kier molecular flexibility index (Phi) is 6.08. The third kappa shape index (κ3) is 4.93. The number of hydrogen-bond acceptors (Lipinski definition) is 3. The summed E-state index contributed by atoms with van der Waals surface area (Å²) < 4.78 is 0. The van der Waals surface area contributed by atoms with Crippen molar-refractivity contribution in [2.45, 2.75) is 45.4 Å². The number of nitrogens with zero attached hydrogens (tertiary/aromatic N) is 1. The van der Waals surface area contributed by atoms with Crippen LogP contribution in [0.2, 0.25) is 0 Å². The number of H-pyrrole nitrogens is 1. The van der Waals surface area contributed by atoms with Gasteiger partial charge in [0.15, 0.2) is 0 Å². The zero-order valence-corrected chi connectivity index (χ0v) is 17.2. The molecule has 1 atom stereocenters. The van der Waals surface area contributed by atoms with Crippen molar-refractivity contribution in [3.63, 3.8) is 0 Å². The first-order valence-corrected chi connectivity index (χ1v) is 10.2. The summed E-state index contributed by atoms with van der Waals surface area (Å²) >= 11 is 0. The van der Waals surface area contributed by atoms with Crippen LogP contribution in [0.25, 0.3) is 10.9 Å². The number of carbonyl (C=O) groups excluding carboxylic acids is 2. The van der Waals surface area contributed by atoms with Gasteiger partial charge in [0.1, 0.15) is 5.69 Å². The summed E-state index contributed by atoms with van der Waals surface area (Å²) in [7, 11) is 0. The molecule has 28 heavy (non-hydrogen) atoms. The molecule has 2 heterocycles. The number of benzene rings is 1. The summed E-state index contributed by atoms with van der Waals surface area (Å²) in [5.74, 6) is -0.318. The highest BCUT2D eigenvalue weighted by atomic mass is 16.2. The predicted octanol–water partition coefficient (Wildman–Crippen LogP) is 2.78. The van der Waals surface area contributed by atoms with Crippen LogP contribution in [0.15, 0.2) is 24.3 Å². The number of aromatic nitrogens is 1. The van der Waals surface area contributed by atoms with E-state index in [2.05, 4.69) is 54.2 Å². The lowest BCUT2D eigenvalue weighted by Gasteiger charge is -2.31. The molecule has 1 aromatic heterocycles. The fourth-order valence-electron chi connectivity index (χ4n) is 3.81. The number of likely N-dealkylation sites (tertiary alicyclic amines) is 1. The number of amides is 2. The molecule has 1 aliphatic rings. The molecule has 0 spiro atoms. The number of aromatic amines is 1. The van der Waals surface area contributed by atoms with Crippen molar-refractivity contribution in [2.75, 3.05) is 26.2 Å². The Morgan fingerprint density at radius 3 is 2.79 bits per heavy atom. The summed E-state index contributed by atoms with van der Waals surface area (Å²) in [5.41, 5.74) is 8.32. The quantitative estimate of drug-likeness (QED) is 0.669. The van der Waals surface area contributed by atoms with Crippen molar-refractivity contribution >= 4 is 22.7 Å². The highest BCUT2D eigenvalue weighted by molar-refractivity contribution is 5.98. The number of hydrogen-bond donors (Lipinski definition) is 3. The number of rotatable bonds is 6. The van der Waals surface area contributed by atoms with Gasteiger partial charge in [-0.1, -0.05) is 32.9 Å². The summed E-state index contributed by atoms with van der Waals surface area (Å²) in [6, 6.07) is 8.21. The molecule has 1 unspecified atom stereocenters. The van der Waals surface area contributed by atoms with Gasteiger partial charge in [-0.2, -0.15) is 0 Å². The molecule has 1 fully saturated rings. The average Bonchev–Trinajstić information content (AvgIpc) is 3.08. The van der Waals surface area contributed by atoms with Crippen LogP contribution in [0, 0.1) is 5.92 Å². The van der Waals surface area contributed by atoms with Crippen molar-refractivity contribution in [1.29, 1.82) is 0 Å². The topological polar surface area (TPSA) is 91.2 Å². The largest absolute Gasteiger partial charge is 0.369 e. The van der Waals surface area contributed by atoms with E-state index < -0.39 is 0 Å². The second kappa shape index (κ2) is 8.35. The SMILES string of the molecule is CC(C)(C)c1ccc2cc(C(=O)NCCCN3CCCC(C(N)=O)C3)[nH]c2c1. The Bertz CT molecular complexity index is 850. The Labute approximate surface area is 166 Å². The Hall–Kier alpha value is -2.34. The van der Waals surface area contributed by atoms with E-state index in [4.69, 9.17) is 5.73 Å². The lowest BCUT2D eigenvalue weighted by Crippen LogP contribution is -2.42. The number of primary amides is 1. The van der Waals surface area contributed by atoms with Crippen LogP contribution in [0.4, 0.5) is 0 Å². The summed E-state index contributed by atoms with van der Waals surface area (Å²) in [5, 5.41) is 4.04. The van der Waals surface area contributed by atoms with Gasteiger partial charge in [0.2, 0.25) is 5.91 Å². The van der Waals surface area contributed by atoms with Gasteiger partial charge in [-0.05, 0) is 55.5 Å². The molecule has 1 aromatic carbocycles. The second-order valence-corrected chi connectivity index (χ2v) is 8.89. The standard InChI is InChI=1S/C22H32N4O2/c1-22(2,3)17-8-7-15-12-19(25-18(15)13-17)21(28)24-9-5-11-26-10-4-6-16(14-26)20(23)27/h7-8,12-13,16,25H,4-6,9-11,14H2,1-3H3,(H2,23,27)(H,24,28). The minimum absolute atomic E-state index is 0.0346. The van der Waals surface area contributed by atoms with Crippen LogP contribution >= 0.6 is 0 Å². The van der Waals surface area contributed by atoms with E-state index in [1.165, 1.54) is 5.56 Å². The number of piperidine rings is 1. The van der Waals surface area contributed by atoms with Crippen molar-refractivity contribution in [3.05, 3.63) is 35.5 Å². The number of nitrogens with one attached hydrogen (secondary N) is 2. The van der Waals surface area contributed by atoms with Crippen LogP contribution in [0.5, 0.6) is 0 Å². The smallest absolute Gasteiger partial charge is 0.267 e. The molecule has 0 radical (unpaired) electrons. The minimum atomic E-state index is -0.202. The Balaban J connectivity index is 1.50. The average molecular weight is 385 g/mol. The first-order chi connectivity index (χ1) is 13.2. The molecule has 152 valence electrons. The van der Waals surface area contributed by atoms with E-state index in [-0.39, 0.29) is 23.1 Å². The molecule has 2 amide bonds. The van der Waals surface area contributed by atoms with Crippen molar-refractivity contribution < 1.29 is 9.59 Å². The highest BCUT2D eigenvalue weighted by Gasteiger charge is 2.23. The number of nitrogens with two attached hydrogens (primary N) is 1. The van der Waals surface area contributed by atoms with E-state index in [9.17, 15) is 9.59 Å². The van der Waals surface area contributed by atoms with Gasteiger partial charge < -0.3 is 20.9 Å². The van der Waals surface area contributed by atoms with Crippen molar-refractivity contribution in [3.8, 4) is 0 Å². The molecule has 4 N–H and O–H groups in total.